The Hall–Kier alpha value is -3.32. The van der Waals surface area contributed by atoms with Gasteiger partial charge in [-0.25, -0.2) is 17.8 Å². The molecule has 1 fully saturated rings. The van der Waals surface area contributed by atoms with Gasteiger partial charge in [-0.2, -0.15) is 5.26 Å². The minimum Gasteiger partial charge on any atom is -0.386 e. The predicted molar refractivity (Wildman–Crippen MR) is 119 cm³/mol. The van der Waals surface area contributed by atoms with E-state index in [0.29, 0.717) is 30.4 Å². The SMILES string of the molecule is Cc1cc(C#N)cnc1C(=O)Nc1ccc(F)c(C(C)CS(=O)(=O)C2(C(=N)N)CCC2)c1. The summed E-state index contributed by atoms with van der Waals surface area (Å²) in [6.07, 6.45) is 2.56. The van der Waals surface area contributed by atoms with Crippen LogP contribution >= 0.6 is 0 Å². The predicted octanol–water partition coefficient (Wildman–Crippen LogP) is 3.03. The smallest absolute Gasteiger partial charge is 0.274 e. The molecular weight excluding hydrogens is 433 g/mol. The highest BCUT2D eigenvalue weighted by Gasteiger charge is 2.51. The van der Waals surface area contributed by atoms with Crippen LogP contribution in [0.25, 0.3) is 0 Å². The second-order valence-electron chi connectivity index (χ2n) is 8.14. The molecule has 168 valence electrons. The van der Waals surface area contributed by atoms with Crippen LogP contribution in [0.1, 0.15) is 59.3 Å². The number of pyridine rings is 1. The number of sulfone groups is 1. The summed E-state index contributed by atoms with van der Waals surface area (Å²) < 4.78 is 39.1. The Balaban J connectivity index is 1.82. The average molecular weight is 458 g/mol. The van der Waals surface area contributed by atoms with Gasteiger partial charge < -0.3 is 11.1 Å². The molecular formula is C22H24FN5O3S. The number of hydrogen-bond acceptors (Lipinski definition) is 6. The summed E-state index contributed by atoms with van der Waals surface area (Å²) in [6.45, 7) is 3.23. The second kappa shape index (κ2) is 8.67. The fraction of sp³-hybridized carbons (Fsp3) is 0.364. The number of nitriles is 1. The lowest BCUT2D eigenvalue weighted by Gasteiger charge is -2.40. The maximum atomic E-state index is 14.5. The zero-order valence-electron chi connectivity index (χ0n) is 17.8. The summed E-state index contributed by atoms with van der Waals surface area (Å²) in [4.78, 5) is 16.6. The Bertz CT molecular complexity index is 1230. The summed E-state index contributed by atoms with van der Waals surface area (Å²) in [6, 6.07) is 7.42. The van der Waals surface area contributed by atoms with Gasteiger partial charge in [-0.15, -0.1) is 0 Å². The molecule has 1 heterocycles. The number of aromatic nitrogens is 1. The molecule has 2 aromatic rings. The molecule has 1 unspecified atom stereocenters. The number of hydrogen-bond donors (Lipinski definition) is 3. The van der Waals surface area contributed by atoms with Gasteiger partial charge in [-0.05, 0) is 67.5 Å². The lowest BCUT2D eigenvalue weighted by Crippen LogP contribution is -2.56. The summed E-state index contributed by atoms with van der Waals surface area (Å²) >= 11 is 0. The Morgan fingerprint density at radius 1 is 1.41 bits per heavy atom. The third-order valence-electron chi connectivity index (χ3n) is 5.92. The maximum Gasteiger partial charge on any atom is 0.274 e. The number of amidine groups is 1. The quantitative estimate of drug-likeness (QED) is 0.430. The molecule has 1 aromatic heterocycles. The largest absolute Gasteiger partial charge is 0.386 e. The number of rotatable bonds is 7. The number of carbonyl (C=O) groups excluding carboxylic acids is 1. The van der Waals surface area contributed by atoms with E-state index in [-0.39, 0.29) is 28.5 Å². The van der Waals surface area contributed by atoms with Gasteiger partial charge >= 0.3 is 0 Å². The molecule has 0 aliphatic heterocycles. The van der Waals surface area contributed by atoms with Crippen molar-refractivity contribution >= 4 is 27.3 Å². The Morgan fingerprint density at radius 2 is 2.09 bits per heavy atom. The summed E-state index contributed by atoms with van der Waals surface area (Å²) in [5, 5.41) is 19.3. The van der Waals surface area contributed by atoms with Crippen molar-refractivity contribution in [3.8, 4) is 6.07 Å². The number of benzene rings is 1. The number of aryl methyl sites for hydroxylation is 1. The first kappa shape index (κ1) is 23.3. The standard InChI is InChI=1S/C22H24FN5O3S/c1-13-8-15(10-24)11-27-19(13)20(29)28-16-4-5-18(23)17(9-16)14(2)12-32(30,31)22(21(25)26)6-3-7-22/h4-5,8-9,11,14H,3,6-7,12H2,1-2H3,(H3,25,26)(H,28,29). The topological polar surface area (TPSA) is 150 Å². The molecule has 1 aliphatic carbocycles. The van der Waals surface area contributed by atoms with E-state index in [9.17, 15) is 17.6 Å². The summed E-state index contributed by atoms with van der Waals surface area (Å²) in [5.41, 5.74) is 6.97. The fourth-order valence-corrected chi connectivity index (χ4v) is 6.29. The lowest BCUT2D eigenvalue weighted by atomic mass is 9.83. The molecule has 1 saturated carbocycles. The minimum atomic E-state index is -3.78. The normalized spacial score (nSPS) is 15.8. The fourth-order valence-electron chi connectivity index (χ4n) is 3.89. The van der Waals surface area contributed by atoms with Crippen molar-refractivity contribution in [1.82, 2.24) is 4.98 Å². The first-order valence-electron chi connectivity index (χ1n) is 10.0. The van der Waals surface area contributed by atoms with Gasteiger partial charge in [0.25, 0.3) is 5.91 Å². The van der Waals surface area contributed by atoms with Crippen molar-refractivity contribution in [3.05, 3.63) is 58.7 Å². The number of amides is 1. The van der Waals surface area contributed by atoms with Gasteiger partial charge in [-0.3, -0.25) is 10.2 Å². The van der Waals surface area contributed by atoms with Gasteiger partial charge in [0, 0.05) is 11.9 Å². The van der Waals surface area contributed by atoms with Crippen molar-refractivity contribution in [2.45, 2.75) is 43.8 Å². The molecule has 0 bridgehead atoms. The van der Waals surface area contributed by atoms with Gasteiger partial charge in [0.15, 0.2) is 9.84 Å². The molecule has 0 saturated heterocycles. The van der Waals surface area contributed by atoms with Crippen LogP contribution in [0, 0.1) is 29.5 Å². The second-order valence-corrected chi connectivity index (χ2v) is 10.5. The van der Waals surface area contributed by atoms with Crippen LogP contribution in [-0.4, -0.2) is 35.6 Å². The van der Waals surface area contributed by atoms with Crippen LogP contribution in [0.15, 0.2) is 30.5 Å². The zero-order chi connectivity index (χ0) is 23.7. The Kier molecular flexibility index (Phi) is 6.32. The van der Waals surface area contributed by atoms with Gasteiger partial charge in [0.05, 0.1) is 11.3 Å². The van der Waals surface area contributed by atoms with Crippen LogP contribution in [0.2, 0.25) is 0 Å². The number of nitrogens with one attached hydrogen (secondary N) is 2. The number of nitrogens with zero attached hydrogens (tertiary/aromatic N) is 2. The molecule has 3 rings (SSSR count). The first-order chi connectivity index (χ1) is 15.0. The number of halogens is 1. The molecule has 0 spiro atoms. The molecule has 1 aromatic carbocycles. The first-order valence-corrected chi connectivity index (χ1v) is 11.7. The van der Waals surface area contributed by atoms with E-state index in [2.05, 4.69) is 10.3 Å². The number of carbonyl (C=O) groups is 1. The number of anilines is 1. The van der Waals surface area contributed by atoms with E-state index in [1.54, 1.807) is 13.8 Å². The molecule has 10 heteroatoms. The molecule has 8 nitrogen and oxygen atoms in total. The minimum absolute atomic E-state index is 0.124. The van der Waals surface area contributed by atoms with Crippen LogP contribution < -0.4 is 11.1 Å². The van der Waals surface area contributed by atoms with Crippen molar-refractivity contribution in [1.29, 1.82) is 10.7 Å². The summed E-state index contributed by atoms with van der Waals surface area (Å²) in [7, 11) is -3.78. The molecule has 1 aliphatic rings. The summed E-state index contributed by atoms with van der Waals surface area (Å²) in [5.74, 6) is -2.58. The Labute approximate surface area is 186 Å². The maximum absolute atomic E-state index is 14.5. The monoisotopic (exact) mass is 457 g/mol. The zero-order valence-corrected chi connectivity index (χ0v) is 18.6. The van der Waals surface area contributed by atoms with Crippen LogP contribution in [0.3, 0.4) is 0 Å². The highest BCUT2D eigenvalue weighted by molar-refractivity contribution is 7.93. The van der Waals surface area contributed by atoms with Crippen molar-refractivity contribution < 1.29 is 17.6 Å². The third kappa shape index (κ3) is 4.21. The van der Waals surface area contributed by atoms with Crippen LogP contribution in [0.4, 0.5) is 10.1 Å². The van der Waals surface area contributed by atoms with Gasteiger partial charge in [-0.1, -0.05) is 6.92 Å². The highest BCUT2D eigenvalue weighted by atomic mass is 32.2. The van der Waals surface area contributed by atoms with E-state index >= 15 is 0 Å². The lowest BCUT2D eigenvalue weighted by molar-refractivity contribution is 0.102. The van der Waals surface area contributed by atoms with Crippen molar-refractivity contribution in [2.24, 2.45) is 5.73 Å². The van der Waals surface area contributed by atoms with Gasteiger partial charge in [0.2, 0.25) is 0 Å². The van der Waals surface area contributed by atoms with Crippen molar-refractivity contribution in [3.63, 3.8) is 0 Å². The van der Waals surface area contributed by atoms with Crippen LogP contribution in [0.5, 0.6) is 0 Å². The number of nitrogens with two attached hydrogens (primary N) is 1. The molecule has 0 radical (unpaired) electrons. The average Bonchev–Trinajstić information content (AvgIpc) is 2.67. The molecule has 1 atom stereocenters. The molecule has 4 N–H and O–H groups in total. The van der Waals surface area contributed by atoms with Crippen LogP contribution in [-0.2, 0) is 9.84 Å². The van der Waals surface area contributed by atoms with E-state index in [0.717, 1.165) is 6.07 Å². The highest BCUT2D eigenvalue weighted by Crippen LogP contribution is 2.41. The van der Waals surface area contributed by atoms with E-state index in [1.165, 1.54) is 24.4 Å². The third-order valence-corrected chi connectivity index (χ3v) is 8.68. The van der Waals surface area contributed by atoms with E-state index in [4.69, 9.17) is 16.4 Å². The van der Waals surface area contributed by atoms with Crippen molar-refractivity contribution in [2.75, 3.05) is 11.1 Å². The Morgan fingerprint density at radius 3 is 2.62 bits per heavy atom. The molecule has 1 amide bonds. The van der Waals surface area contributed by atoms with E-state index < -0.39 is 32.2 Å². The van der Waals surface area contributed by atoms with Gasteiger partial charge in [0.1, 0.15) is 28.2 Å². The van der Waals surface area contributed by atoms with E-state index in [1.807, 2.05) is 6.07 Å². The molecule has 32 heavy (non-hydrogen) atoms.